The van der Waals surface area contributed by atoms with Crippen LogP contribution in [0.2, 0.25) is 0 Å². The number of ether oxygens (including phenoxy) is 3. The molecule has 0 bridgehead atoms. The van der Waals surface area contributed by atoms with E-state index in [4.69, 9.17) is 14.2 Å². The molecule has 1 amide bonds. The van der Waals surface area contributed by atoms with Crippen LogP contribution in [0.3, 0.4) is 0 Å². The molecular formula is C19H26N4O4S. The van der Waals surface area contributed by atoms with Crippen LogP contribution in [-0.4, -0.2) is 47.8 Å². The summed E-state index contributed by atoms with van der Waals surface area (Å²) in [5.74, 6) is 3.57. The molecule has 2 aromatic rings. The molecule has 9 heteroatoms. The summed E-state index contributed by atoms with van der Waals surface area (Å²) in [5, 5.41) is 12.3. The van der Waals surface area contributed by atoms with E-state index in [1.807, 2.05) is 0 Å². The molecule has 1 fully saturated rings. The summed E-state index contributed by atoms with van der Waals surface area (Å²) in [6, 6.07) is 3.55. The van der Waals surface area contributed by atoms with Crippen LogP contribution in [0, 0.1) is 0 Å². The molecule has 1 aliphatic carbocycles. The van der Waals surface area contributed by atoms with E-state index in [0.717, 1.165) is 23.1 Å². The number of aromatic nitrogens is 3. The molecule has 1 aromatic heterocycles. The molecule has 3 rings (SSSR count). The quantitative estimate of drug-likeness (QED) is 0.607. The summed E-state index contributed by atoms with van der Waals surface area (Å²) in [4.78, 5) is 12.3. The number of hydrogen-bond donors (Lipinski definition) is 1. The number of thioether (sulfide) groups is 1. The van der Waals surface area contributed by atoms with E-state index in [-0.39, 0.29) is 11.7 Å². The standard InChI is InChI=1S/C19H26N4O4S/c1-5-23-18(12-6-7-12)21-22-19(23)28-11-17(24)20-10-13-8-15(26-3)16(27-4)9-14(13)25-2/h8-9,12H,5-7,10-11H2,1-4H3,(H,20,24). The maximum absolute atomic E-state index is 12.3. The Morgan fingerprint density at radius 3 is 2.43 bits per heavy atom. The highest BCUT2D eigenvalue weighted by Gasteiger charge is 2.30. The molecule has 152 valence electrons. The molecular weight excluding hydrogens is 380 g/mol. The van der Waals surface area contributed by atoms with Crippen LogP contribution in [0.4, 0.5) is 0 Å². The summed E-state index contributed by atoms with van der Waals surface area (Å²) in [5.41, 5.74) is 0.811. The first-order valence-electron chi connectivity index (χ1n) is 9.22. The number of nitrogens with zero attached hydrogens (tertiary/aromatic N) is 3. The lowest BCUT2D eigenvalue weighted by Gasteiger charge is -2.14. The first-order valence-corrected chi connectivity index (χ1v) is 10.2. The molecule has 0 spiro atoms. The topological polar surface area (TPSA) is 87.5 Å². The summed E-state index contributed by atoms with van der Waals surface area (Å²) in [6.45, 7) is 3.21. The smallest absolute Gasteiger partial charge is 0.230 e. The number of carbonyl (C=O) groups is 1. The number of methoxy groups -OCH3 is 3. The van der Waals surface area contributed by atoms with Gasteiger partial charge in [0.05, 0.1) is 27.1 Å². The van der Waals surface area contributed by atoms with Gasteiger partial charge in [-0.05, 0) is 25.8 Å². The second-order valence-electron chi connectivity index (χ2n) is 6.44. The van der Waals surface area contributed by atoms with Crippen LogP contribution in [0.1, 0.15) is 37.1 Å². The Morgan fingerprint density at radius 2 is 1.82 bits per heavy atom. The lowest BCUT2D eigenvalue weighted by atomic mass is 10.1. The molecule has 0 unspecified atom stereocenters. The lowest BCUT2D eigenvalue weighted by molar-refractivity contribution is -0.118. The second kappa shape index (κ2) is 9.18. The minimum Gasteiger partial charge on any atom is -0.496 e. The first-order chi connectivity index (χ1) is 13.6. The predicted molar refractivity (Wildman–Crippen MR) is 106 cm³/mol. The highest BCUT2D eigenvalue weighted by Crippen LogP contribution is 2.40. The number of carbonyl (C=O) groups excluding carboxylic acids is 1. The van der Waals surface area contributed by atoms with Crippen molar-refractivity contribution in [2.45, 2.75) is 43.9 Å². The van der Waals surface area contributed by atoms with Crippen molar-refractivity contribution >= 4 is 17.7 Å². The van der Waals surface area contributed by atoms with Crippen molar-refractivity contribution in [3.63, 3.8) is 0 Å². The van der Waals surface area contributed by atoms with Crippen molar-refractivity contribution < 1.29 is 19.0 Å². The zero-order chi connectivity index (χ0) is 20.1. The number of nitrogens with one attached hydrogen (secondary N) is 1. The summed E-state index contributed by atoms with van der Waals surface area (Å²) >= 11 is 1.41. The minimum atomic E-state index is -0.0829. The van der Waals surface area contributed by atoms with Crippen molar-refractivity contribution in [2.24, 2.45) is 0 Å². The van der Waals surface area contributed by atoms with Crippen LogP contribution in [-0.2, 0) is 17.9 Å². The van der Waals surface area contributed by atoms with Crippen molar-refractivity contribution in [1.82, 2.24) is 20.1 Å². The Hall–Kier alpha value is -2.42. The Balaban J connectivity index is 1.59. The van der Waals surface area contributed by atoms with Gasteiger partial charge in [-0.2, -0.15) is 0 Å². The van der Waals surface area contributed by atoms with Crippen LogP contribution in [0.15, 0.2) is 17.3 Å². The van der Waals surface area contributed by atoms with Gasteiger partial charge in [0, 0.05) is 30.6 Å². The zero-order valence-corrected chi connectivity index (χ0v) is 17.5. The summed E-state index contributed by atoms with van der Waals surface area (Å²) in [7, 11) is 4.72. The molecule has 28 heavy (non-hydrogen) atoms. The van der Waals surface area contributed by atoms with Crippen LogP contribution >= 0.6 is 11.8 Å². The van der Waals surface area contributed by atoms with Gasteiger partial charge in [0.15, 0.2) is 16.7 Å². The molecule has 0 radical (unpaired) electrons. The maximum Gasteiger partial charge on any atom is 0.230 e. The fraction of sp³-hybridized carbons (Fsp3) is 0.526. The predicted octanol–water partition coefficient (Wildman–Crippen LogP) is 2.61. The number of hydrogen-bond acceptors (Lipinski definition) is 7. The van der Waals surface area contributed by atoms with E-state index in [9.17, 15) is 4.79 Å². The molecule has 0 aliphatic heterocycles. The van der Waals surface area contributed by atoms with Gasteiger partial charge in [-0.1, -0.05) is 11.8 Å². The van der Waals surface area contributed by atoms with E-state index in [1.165, 1.54) is 24.6 Å². The van der Waals surface area contributed by atoms with Crippen molar-refractivity contribution in [2.75, 3.05) is 27.1 Å². The molecule has 1 heterocycles. The highest BCUT2D eigenvalue weighted by atomic mass is 32.2. The van der Waals surface area contributed by atoms with E-state index < -0.39 is 0 Å². The van der Waals surface area contributed by atoms with Gasteiger partial charge in [0.1, 0.15) is 11.6 Å². The van der Waals surface area contributed by atoms with E-state index in [2.05, 4.69) is 27.0 Å². The molecule has 1 N–H and O–H groups in total. The Bertz CT molecular complexity index is 836. The molecule has 0 atom stereocenters. The van der Waals surface area contributed by atoms with E-state index >= 15 is 0 Å². The Morgan fingerprint density at radius 1 is 1.14 bits per heavy atom. The minimum absolute atomic E-state index is 0.0829. The molecule has 8 nitrogen and oxygen atoms in total. The third-order valence-electron chi connectivity index (χ3n) is 4.60. The number of benzene rings is 1. The maximum atomic E-state index is 12.3. The van der Waals surface area contributed by atoms with Crippen LogP contribution < -0.4 is 19.5 Å². The van der Waals surface area contributed by atoms with Gasteiger partial charge in [-0.3, -0.25) is 4.79 Å². The SMILES string of the molecule is CCn1c(SCC(=O)NCc2cc(OC)c(OC)cc2OC)nnc1C1CC1. The fourth-order valence-corrected chi connectivity index (χ4v) is 3.79. The van der Waals surface area contributed by atoms with Crippen LogP contribution in [0.25, 0.3) is 0 Å². The third kappa shape index (κ3) is 4.52. The monoisotopic (exact) mass is 406 g/mol. The Kier molecular flexibility index (Phi) is 6.66. The van der Waals surface area contributed by atoms with Crippen LogP contribution in [0.5, 0.6) is 17.2 Å². The fourth-order valence-electron chi connectivity index (χ4n) is 2.95. The zero-order valence-electron chi connectivity index (χ0n) is 16.7. The van der Waals surface area contributed by atoms with Gasteiger partial charge in [0.2, 0.25) is 5.91 Å². The average Bonchev–Trinajstić information content (AvgIpc) is 3.49. The van der Waals surface area contributed by atoms with E-state index in [0.29, 0.717) is 29.7 Å². The van der Waals surface area contributed by atoms with Gasteiger partial charge >= 0.3 is 0 Å². The van der Waals surface area contributed by atoms with Gasteiger partial charge in [-0.25, -0.2) is 0 Å². The second-order valence-corrected chi connectivity index (χ2v) is 7.39. The Labute approximate surface area is 168 Å². The van der Waals surface area contributed by atoms with Crippen molar-refractivity contribution in [3.8, 4) is 17.2 Å². The van der Waals surface area contributed by atoms with Crippen molar-refractivity contribution in [3.05, 3.63) is 23.5 Å². The number of amides is 1. The average molecular weight is 407 g/mol. The summed E-state index contributed by atoms with van der Waals surface area (Å²) in [6.07, 6.45) is 2.35. The first kappa shape index (κ1) is 20.3. The largest absolute Gasteiger partial charge is 0.496 e. The molecule has 0 saturated heterocycles. The normalized spacial score (nSPS) is 13.3. The molecule has 1 aromatic carbocycles. The lowest BCUT2D eigenvalue weighted by Crippen LogP contribution is -2.25. The molecule has 1 saturated carbocycles. The summed E-state index contributed by atoms with van der Waals surface area (Å²) < 4.78 is 18.1. The molecule has 1 aliphatic rings. The van der Waals surface area contributed by atoms with Gasteiger partial charge in [-0.15, -0.1) is 10.2 Å². The highest BCUT2D eigenvalue weighted by molar-refractivity contribution is 7.99. The van der Waals surface area contributed by atoms with E-state index in [1.54, 1.807) is 33.5 Å². The van der Waals surface area contributed by atoms with Crippen molar-refractivity contribution in [1.29, 1.82) is 0 Å². The van der Waals surface area contributed by atoms with Gasteiger partial charge < -0.3 is 24.1 Å². The number of rotatable bonds is 10. The van der Waals surface area contributed by atoms with Gasteiger partial charge in [0.25, 0.3) is 0 Å². The third-order valence-corrected chi connectivity index (χ3v) is 5.57.